The molecular weight excluding hydrogens is 282 g/mol. The van der Waals surface area contributed by atoms with Gasteiger partial charge in [-0.25, -0.2) is 15.0 Å². The Bertz CT molecular complexity index is 596. The van der Waals surface area contributed by atoms with E-state index in [2.05, 4.69) is 45.1 Å². The first-order valence-corrected chi connectivity index (χ1v) is 8.26. The highest BCUT2D eigenvalue weighted by Crippen LogP contribution is 2.29. The second-order valence-corrected chi connectivity index (χ2v) is 6.66. The highest BCUT2D eigenvalue weighted by Gasteiger charge is 2.26. The van der Waals surface area contributed by atoms with Crippen molar-refractivity contribution < 1.29 is 0 Å². The van der Waals surface area contributed by atoms with Crippen LogP contribution in [0.15, 0.2) is 17.6 Å². The summed E-state index contributed by atoms with van der Waals surface area (Å²) in [7, 11) is 0. The van der Waals surface area contributed by atoms with E-state index in [0.29, 0.717) is 12.0 Å². The van der Waals surface area contributed by atoms with Gasteiger partial charge in [0.1, 0.15) is 11.6 Å². The van der Waals surface area contributed by atoms with Gasteiger partial charge in [-0.1, -0.05) is 0 Å². The molecule has 3 rings (SSSR count). The van der Waals surface area contributed by atoms with Gasteiger partial charge in [-0.3, -0.25) is 0 Å². The molecule has 1 atom stereocenters. The Balaban J connectivity index is 1.78. The lowest BCUT2D eigenvalue weighted by atomic mass is 10.0. The fourth-order valence-electron chi connectivity index (χ4n) is 2.76. The molecule has 6 heteroatoms. The maximum Gasteiger partial charge on any atom is 0.188 e. The Labute approximate surface area is 129 Å². The van der Waals surface area contributed by atoms with Gasteiger partial charge in [0.15, 0.2) is 5.13 Å². The topological polar surface area (TPSA) is 53.9 Å². The third-order valence-corrected chi connectivity index (χ3v) is 4.58. The summed E-state index contributed by atoms with van der Waals surface area (Å²) >= 11 is 1.58. The van der Waals surface area contributed by atoms with Crippen LogP contribution in [0.1, 0.15) is 37.7 Å². The van der Waals surface area contributed by atoms with Crippen LogP contribution in [0, 0.1) is 6.92 Å². The van der Waals surface area contributed by atoms with E-state index in [9.17, 15) is 0 Å². The molecule has 1 aliphatic heterocycles. The van der Waals surface area contributed by atoms with Crippen molar-refractivity contribution in [1.29, 1.82) is 0 Å². The number of anilines is 2. The number of thiazole rings is 1. The molecule has 0 bridgehead atoms. The minimum atomic E-state index is 0.506. The molecule has 112 valence electrons. The molecule has 0 aromatic carbocycles. The van der Waals surface area contributed by atoms with Crippen LogP contribution in [0.4, 0.5) is 10.9 Å². The molecule has 0 amide bonds. The minimum absolute atomic E-state index is 0.506. The van der Waals surface area contributed by atoms with Crippen molar-refractivity contribution in [2.45, 2.75) is 39.2 Å². The van der Waals surface area contributed by atoms with Crippen molar-refractivity contribution in [2.24, 2.45) is 0 Å². The summed E-state index contributed by atoms with van der Waals surface area (Å²) < 4.78 is 0. The van der Waals surface area contributed by atoms with Crippen LogP contribution in [0.3, 0.4) is 0 Å². The molecule has 21 heavy (non-hydrogen) atoms. The number of hydrogen-bond donors (Lipinski definition) is 1. The predicted octanol–water partition coefficient (Wildman–Crippen LogP) is 3.18. The highest BCUT2D eigenvalue weighted by atomic mass is 32.1. The summed E-state index contributed by atoms with van der Waals surface area (Å²) in [5.41, 5.74) is 1.14. The van der Waals surface area contributed by atoms with Crippen molar-refractivity contribution in [2.75, 3.05) is 18.4 Å². The normalized spacial score (nSPS) is 19.3. The van der Waals surface area contributed by atoms with Gasteiger partial charge in [0.05, 0.1) is 5.69 Å². The van der Waals surface area contributed by atoms with Crippen LogP contribution >= 0.6 is 11.3 Å². The number of nitrogens with one attached hydrogen (secondary N) is 1. The van der Waals surface area contributed by atoms with E-state index in [0.717, 1.165) is 35.6 Å². The molecule has 0 unspecified atom stereocenters. The van der Waals surface area contributed by atoms with Gasteiger partial charge in [0, 0.05) is 36.1 Å². The van der Waals surface area contributed by atoms with E-state index >= 15 is 0 Å². The monoisotopic (exact) mass is 303 g/mol. The van der Waals surface area contributed by atoms with E-state index in [1.54, 1.807) is 17.5 Å². The zero-order valence-corrected chi connectivity index (χ0v) is 13.5. The van der Waals surface area contributed by atoms with Gasteiger partial charge in [0.25, 0.3) is 0 Å². The summed E-state index contributed by atoms with van der Waals surface area (Å²) in [4.78, 5) is 15.9. The fourth-order valence-corrected chi connectivity index (χ4v) is 3.29. The third-order valence-electron chi connectivity index (χ3n) is 3.89. The van der Waals surface area contributed by atoms with Crippen LogP contribution in [-0.4, -0.2) is 39.0 Å². The Hall–Kier alpha value is -1.53. The van der Waals surface area contributed by atoms with Gasteiger partial charge in [-0.05, 0) is 33.7 Å². The Morgan fingerprint density at radius 1 is 1.38 bits per heavy atom. The van der Waals surface area contributed by atoms with Gasteiger partial charge < -0.3 is 10.2 Å². The zero-order valence-electron chi connectivity index (χ0n) is 12.7. The first-order valence-electron chi connectivity index (χ1n) is 7.38. The molecule has 3 heterocycles. The van der Waals surface area contributed by atoms with Crippen LogP contribution in [0.5, 0.6) is 0 Å². The predicted molar refractivity (Wildman–Crippen MR) is 86.2 cm³/mol. The first kappa shape index (κ1) is 14.4. The molecule has 1 aliphatic rings. The van der Waals surface area contributed by atoms with E-state index in [1.165, 1.54) is 6.42 Å². The summed E-state index contributed by atoms with van der Waals surface area (Å²) in [6.45, 7) is 8.70. The van der Waals surface area contributed by atoms with Crippen molar-refractivity contribution in [3.05, 3.63) is 29.2 Å². The van der Waals surface area contributed by atoms with Crippen LogP contribution < -0.4 is 5.32 Å². The largest absolute Gasteiger partial charge is 0.316 e. The molecule has 0 aliphatic carbocycles. The van der Waals surface area contributed by atoms with E-state index < -0.39 is 0 Å². The minimum Gasteiger partial charge on any atom is -0.316 e. The first-order chi connectivity index (χ1) is 10.1. The standard InChI is InChI=1S/C15H21N5S/c1-10(2)20-6-4-12(9-20)13-8-14(18-11(3)17-13)19-15-16-5-7-21-15/h5,7-8,10,12H,4,6,9H2,1-3H3,(H,16,17,18,19)/t12-/m0/s1. The smallest absolute Gasteiger partial charge is 0.188 e. The van der Waals surface area contributed by atoms with Crippen LogP contribution in [0.2, 0.25) is 0 Å². The molecule has 0 radical (unpaired) electrons. The van der Waals surface area contributed by atoms with E-state index in [1.807, 2.05) is 12.3 Å². The van der Waals surface area contributed by atoms with Crippen molar-refractivity contribution in [1.82, 2.24) is 19.9 Å². The molecule has 0 saturated carbocycles. The quantitative estimate of drug-likeness (QED) is 0.940. The molecular formula is C15H21N5S. The lowest BCUT2D eigenvalue weighted by molar-refractivity contribution is 0.272. The number of nitrogens with zero attached hydrogens (tertiary/aromatic N) is 4. The summed E-state index contributed by atoms with van der Waals surface area (Å²) in [5, 5.41) is 6.09. The molecule has 2 aromatic heterocycles. The molecule has 1 saturated heterocycles. The van der Waals surface area contributed by atoms with E-state index in [4.69, 9.17) is 0 Å². The Morgan fingerprint density at radius 2 is 2.24 bits per heavy atom. The number of likely N-dealkylation sites (tertiary alicyclic amines) is 1. The number of rotatable bonds is 4. The van der Waals surface area contributed by atoms with Crippen molar-refractivity contribution in [3.8, 4) is 0 Å². The Kier molecular flexibility index (Phi) is 4.17. The summed E-state index contributed by atoms with van der Waals surface area (Å²) in [6.07, 6.45) is 2.96. The summed E-state index contributed by atoms with van der Waals surface area (Å²) in [5.74, 6) is 2.16. The third kappa shape index (κ3) is 3.39. The Morgan fingerprint density at radius 3 is 2.90 bits per heavy atom. The molecule has 1 fully saturated rings. The highest BCUT2D eigenvalue weighted by molar-refractivity contribution is 7.13. The van der Waals surface area contributed by atoms with Crippen molar-refractivity contribution >= 4 is 22.3 Å². The maximum absolute atomic E-state index is 4.64. The average Bonchev–Trinajstić information content (AvgIpc) is 3.08. The summed E-state index contributed by atoms with van der Waals surface area (Å²) in [6, 6.07) is 2.67. The zero-order chi connectivity index (χ0) is 14.8. The second kappa shape index (κ2) is 6.07. The molecule has 1 N–H and O–H groups in total. The van der Waals surface area contributed by atoms with Crippen LogP contribution in [0.25, 0.3) is 0 Å². The molecule has 2 aromatic rings. The van der Waals surface area contributed by atoms with Crippen LogP contribution in [-0.2, 0) is 0 Å². The molecule has 5 nitrogen and oxygen atoms in total. The number of hydrogen-bond acceptors (Lipinski definition) is 6. The SMILES string of the molecule is Cc1nc(Nc2nccs2)cc([C@H]2CCN(C(C)C)C2)n1. The molecule has 0 spiro atoms. The average molecular weight is 303 g/mol. The lowest BCUT2D eigenvalue weighted by Gasteiger charge is -2.20. The van der Waals surface area contributed by atoms with Gasteiger partial charge in [-0.2, -0.15) is 0 Å². The van der Waals surface area contributed by atoms with Crippen molar-refractivity contribution in [3.63, 3.8) is 0 Å². The van der Waals surface area contributed by atoms with Gasteiger partial charge in [-0.15, -0.1) is 11.3 Å². The van der Waals surface area contributed by atoms with Gasteiger partial charge in [0.2, 0.25) is 0 Å². The lowest BCUT2D eigenvalue weighted by Crippen LogP contribution is -2.28. The number of aryl methyl sites for hydroxylation is 1. The van der Waals surface area contributed by atoms with E-state index in [-0.39, 0.29) is 0 Å². The fraction of sp³-hybridized carbons (Fsp3) is 0.533. The second-order valence-electron chi connectivity index (χ2n) is 5.76. The van der Waals surface area contributed by atoms with Gasteiger partial charge >= 0.3 is 0 Å². The number of aromatic nitrogens is 3. The maximum atomic E-state index is 4.64.